The minimum Gasteiger partial charge on any atom is -0.381 e. The van der Waals surface area contributed by atoms with Crippen molar-refractivity contribution in [2.45, 2.75) is 39.3 Å². The molecule has 2 aromatic rings. The van der Waals surface area contributed by atoms with E-state index < -0.39 is 0 Å². The van der Waals surface area contributed by atoms with Crippen LogP contribution in [0, 0.1) is 13.8 Å². The van der Waals surface area contributed by atoms with Crippen LogP contribution in [-0.2, 0) is 11.3 Å². The number of fused-ring (bicyclic) bond motifs is 1. The largest absolute Gasteiger partial charge is 0.381 e. The number of hydrogen-bond acceptors (Lipinski definition) is 5. The number of thiophene rings is 1. The summed E-state index contributed by atoms with van der Waals surface area (Å²) >= 11 is 8.06. The molecular formula is C15H20ClN3OS. The maximum absolute atomic E-state index is 6.37. The van der Waals surface area contributed by atoms with E-state index in [1.54, 1.807) is 11.3 Å². The molecule has 6 heteroatoms. The van der Waals surface area contributed by atoms with E-state index in [0.717, 1.165) is 48.6 Å². The van der Waals surface area contributed by atoms with Gasteiger partial charge in [0.15, 0.2) is 0 Å². The zero-order valence-corrected chi connectivity index (χ0v) is 14.2. The fraction of sp³-hybridized carbons (Fsp3) is 0.600. The van der Waals surface area contributed by atoms with Crippen molar-refractivity contribution in [2.75, 3.05) is 20.3 Å². The monoisotopic (exact) mass is 325 g/mol. The smallest absolute Gasteiger partial charge is 0.145 e. The van der Waals surface area contributed by atoms with Crippen LogP contribution in [0.2, 0.25) is 5.15 Å². The van der Waals surface area contributed by atoms with Crippen LogP contribution >= 0.6 is 22.9 Å². The van der Waals surface area contributed by atoms with Crippen LogP contribution < -0.4 is 0 Å². The number of rotatable bonds is 3. The number of nitrogens with zero attached hydrogens (tertiary/aromatic N) is 3. The number of hydrogen-bond donors (Lipinski definition) is 0. The fourth-order valence-corrected chi connectivity index (χ4v) is 4.22. The summed E-state index contributed by atoms with van der Waals surface area (Å²) < 4.78 is 5.42. The zero-order chi connectivity index (χ0) is 15.0. The third-order valence-electron chi connectivity index (χ3n) is 4.24. The molecule has 2 aromatic heterocycles. The lowest BCUT2D eigenvalue weighted by Crippen LogP contribution is -2.36. The third-order valence-corrected chi connectivity index (χ3v) is 5.61. The summed E-state index contributed by atoms with van der Waals surface area (Å²) in [5.74, 6) is 0.808. The van der Waals surface area contributed by atoms with E-state index in [0.29, 0.717) is 11.2 Å². The molecule has 114 valence electrons. The van der Waals surface area contributed by atoms with Gasteiger partial charge in [-0.3, -0.25) is 4.90 Å². The first-order valence-corrected chi connectivity index (χ1v) is 8.46. The lowest BCUT2D eigenvalue weighted by atomic mass is 10.1. The summed E-state index contributed by atoms with van der Waals surface area (Å²) in [6.45, 7) is 6.61. The van der Waals surface area contributed by atoms with Crippen LogP contribution in [0.5, 0.6) is 0 Å². The predicted octanol–water partition coefficient (Wildman–Crippen LogP) is 3.57. The van der Waals surface area contributed by atoms with E-state index in [9.17, 15) is 0 Å². The molecule has 0 bridgehead atoms. The summed E-state index contributed by atoms with van der Waals surface area (Å²) in [7, 11) is 2.13. The first kappa shape index (κ1) is 15.2. The molecule has 1 aliphatic rings. The van der Waals surface area contributed by atoms with Gasteiger partial charge in [-0.05, 0) is 39.3 Å². The SMILES string of the molecule is Cc1sc2nc(CN(C)C3CCOCC3)nc(Cl)c2c1C. The number of aromatic nitrogens is 2. The molecule has 21 heavy (non-hydrogen) atoms. The van der Waals surface area contributed by atoms with Gasteiger partial charge in [-0.25, -0.2) is 9.97 Å². The average Bonchev–Trinajstić information content (AvgIpc) is 2.75. The van der Waals surface area contributed by atoms with E-state index in [1.807, 2.05) is 0 Å². The molecule has 0 amide bonds. The first-order chi connectivity index (χ1) is 10.1. The highest BCUT2D eigenvalue weighted by Gasteiger charge is 2.20. The Balaban J connectivity index is 1.83. The molecule has 0 aromatic carbocycles. The van der Waals surface area contributed by atoms with Crippen molar-refractivity contribution in [3.05, 3.63) is 21.4 Å². The van der Waals surface area contributed by atoms with Crippen molar-refractivity contribution < 1.29 is 4.74 Å². The van der Waals surface area contributed by atoms with Crippen LogP contribution in [-0.4, -0.2) is 41.2 Å². The molecule has 1 fully saturated rings. The minimum absolute atomic E-state index is 0.545. The molecule has 0 spiro atoms. The molecule has 0 saturated carbocycles. The molecule has 3 heterocycles. The lowest BCUT2D eigenvalue weighted by molar-refractivity contribution is 0.0399. The van der Waals surface area contributed by atoms with Crippen LogP contribution in [0.15, 0.2) is 0 Å². The highest BCUT2D eigenvalue weighted by Crippen LogP contribution is 2.33. The van der Waals surface area contributed by atoms with Gasteiger partial charge >= 0.3 is 0 Å². The highest BCUT2D eigenvalue weighted by atomic mass is 35.5. The summed E-state index contributed by atoms with van der Waals surface area (Å²) in [6.07, 6.45) is 2.15. The molecule has 0 N–H and O–H groups in total. The number of halogens is 1. The molecule has 4 nitrogen and oxygen atoms in total. The Bertz CT molecular complexity index is 652. The second-order valence-corrected chi connectivity index (χ2v) is 7.21. The molecule has 0 unspecified atom stereocenters. The van der Waals surface area contributed by atoms with Gasteiger partial charge in [0, 0.05) is 24.1 Å². The van der Waals surface area contributed by atoms with E-state index in [-0.39, 0.29) is 0 Å². The molecule has 1 saturated heterocycles. The quantitative estimate of drug-likeness (QED) is 0.809. The Morgan fingerprint density at radius 3 is 2.71 bits per heavy atom. The summed E-state index contributed by atoms with van der Waals surface area (Å²) in [5, 5.41) is 1.59. The first-order valence-electron chi connectivity index (χ1n) is 7.26. The van der Waals surface area contributed by atoms with Gasteiger partial charge in [0.05, 0.1) is 11.9 Å². The third kappa shape index (κ3) is 3.06. The standard InChI is InChI=1S/C15H20ClN3OS/c1-9-10(2)21-15-13(9)14(16)17-12(18-15)8-19(3)11-4-6-20-7-5-11/h11H,4-8H2,1-3H3. The van der Waals surface area contributed by atoms with E-state index >= 15 is 0 Å². The molecule has 0 radical (unpaired) electrons. The predicted molar refractivity (Wildman–Crippen MR) is 87.2 cm³/mol. The lowest BCUT2D eigenvalue weighted by Gasteiger charge is -2.30. The molecule has 3 rings (SSSR count). The van der Waals surface area contributed by atoms with Gasteiger partial charge in [-0.15, -0.1) is 11.3 Å². The number of aryl methyl sites for hydroxylation is 2. The summed E-state index contributed by atoms with van der Waals surface area (Å²) in [6, 6.07) is 0.545. The van der Waals surface area contributed by atoms with Crippen molar-refractivity contribution in [3.63, 3.8) is 0 Å². The minimum atomic E-state index is 0.545. The zero-order valence-electron chi connectivity index (χ0n) is 12.6. The van der Waals surface area contributed by atoms with Gasteiger partial charge in [0.2, 0.25) is 0 Å². The Morgan fingerprint density at radius 2 is 2.00 bits per heavy atom. The maximum atomic E-state index is 6.37. The van der Waals surface area contributed by atoms with Crippen LogP contribution in [0.3, 0.4) is 0 Å². The molecule has 0 aliphatic carbocycles. The van der Waals surface area contributed by atoms with E-state index in [2.05, 4.69) is 30.8 Å². The van der Waals surface area contributed by atoms with Gasteiger partial charge in [-0.1, -0.05) is 11.6 Å². The van der Waals surface area contributed by atoms with Crippen molar-refractivity contribution in [1.82, 2.24) is 14.9 Å². The van der Waals surface area contributed by atoms with Crippen molar-refractivity contribution in [2.24, 2.45) is 0 Å². The van der Waals surface area contributed by atoms with E-state index in [1.165, 1.54) is 10.4 Å². The normalized spacial score (nSPS) is 17.0. The van der Waals surface area contributed by atoms with E-state index in [4.69, 9.17) is 21.3 Å². The van der Waals surface area contributed by atoms with Gasteiger partial charge < -0.3 is 4.74 Å². The Labute approximate surface area is 134 Å². The molecule has 1 aliphatic heterocycles. The Morgan fingerprint density at radius 1 is 1.29 bits per heavy atom. The van der Waals surface area contributed by atoms with Crippen molar-refractivity contribution in [1.29, 1.82) is 0 Å². The maximum Gasteiger partial charge on any atom is 0.145 e. The van der Waals surface area contributed by atoms with Crippen molar-refractivity contribution >= 4 is 33.2 Å². The summed E-state index contributed by atoms with van der Waals surface area (Å²) in [5.41, 5.74) is 1.20. The topological polar surface area (TPSA) is 38.2 Å². The number of ether oxygens (including phenoxy) is 1. The summed E-state index contributed by atoms with van der Waals surface area (Å²) in [4.78, 5) is 13.8. The van der Waals surface area contributed by atoms with Gasteiger partial charge in [-0.2, -0.15) is 0 Å². The second-order valence-electron chi connectivity index (χ2n) is 5.65. The average molecular weight is 326 g/mol. The van der Waals surface area contributed by atoms with Crippen LogP contribution in [0.4, 0.5) is 0 Å². The Hall–Kier alpha value is -0.750. The fourth-order valence-electron chi connectivity index (χ4n) is 2.79. The van der Waals surface area contributed by atoms with Crippen LogP contribution in [0.1, 0.15) is 29.1 Å². The van der Waals surface area contributed by atoms with Gasteiger partial charge in [0.1, 0.15) is 15.8 Å². The molecular weight excluding hydrogens is 306 g/mol. The van der Waals surface area contributed by atoms with Crippen LogP contribution in [0.25, 0.3) is 10.2 Å². The Kier molecular flexibility index (Phi) is 4.45. The second kappa shape index (κ2) is 6.16. The molecule has 0 atom stereocenters. The van der Waals surface area contributed by atoms with Gasteiger partial charge in [0.25, 0.3) is 0 Å². The van der Waals surface area contributed by atoms with Crippen molar-refractivity contribution in [3.8, 4) is 0 Å². The highest BCUT2D eigenvalue weighted by molar-refractivity contribution is 7.18.